The molecule has 1 saturated heterocycles. The Morgan fingerprint density at radius 3 is 2.35 bits per heavy atom. The van der Waals surface area contributed by atoms with E-state index in [1.54, 1.807) is 0 Å². The first-order valence-electron chi connectivity index (χ1n) is 6.90. The Bertz CT molecular complexity index is 244. The number of aliphatic hydroxyl groups is 2. The summed E-state index contributed by atoms with van der Waals surface area (Å²) in [6.45, 7) is 2.50. The van der Waals surface area contributed by atoms with E-state index in [0.717, 1.165) is 24.9 Å². The zero-order chi connectivity index (χ0) is 12.3. The number of hydrogen-bond donors (Lipinski definition) is 3. The van der Waals surface area contributed by atoms with Crippen LogP contribution >= 0.6 is 0 Å². The first-order chi connectivity index (χ1) is 8.17. The summed E-state index contributed by atoms with van der Waals surface area (Å²) in [5.74, 6) is 1.73. The fraction of sp³-hybridized carbons (Fsp3) is 1.00. The van der Waals surface area contributed by atoms with E-state index in [-0.39, 0.29) is 13.2 Å². The summed E-state index contributed by atoms with van der Waals surface area (Å²) >= 11 is 0. The minimum Gasteiger partial charge on any atom is -0.394 e. The van der Waals surface area contributed by atoms with Crippen LogP contribution in [0.15, 0.2) is 0 Å². The highest BCUT2D eigenvalue weighted by Gasteiger charge is 2.34. The third kappa shape index (κ3) is 3.19. The molecule has 0 radical (unpaired) electrons. The lowest BCUT2D eigenvalue weighted by Crippen LogP contribution is -2.58. The highest BCUT2D eigenvalue weighted by molar-refractivity contribution is 4.90. The van der Waals surface area contributed by atoms with Crippen molar-refractivity contribution < 1.29 is 10.2 Å². The molecule has 0 amide bonds. The number of likely N-dealkylation sites (tertiary alicyclic amines) is 1. The first kappa shape index (κ1) is 13.3. The van der Waals surface area contributed by atoms with Gasteiger partial charge in [-0.1, -0.05) is 19.3 Å². The quantitative estimate of drug-likeness (QED) is 0.658. The zero-order valence-electron chi connectivity index (χ0n) is 10.6. The van der Waals surface area contributed by atoms with Crippen LogP contribution in [0.2, 0.25) is 0 Å². The Kier molecular flexibility index (Phi) is 4.42. The molecule has 100 valence electrons. The largest absolute Gasteiger partial charge is 0.394 e. The molecule has 0 aromatic rings. The third-order valence-electron chi connectivity index (χ3n) is 4.54. The van der Waals surface area contributed by atoms with Gasteiger partial charge >= 0.3 is 0 Å². The van der Waals surface area contributed by atoms with E-state index in [4.69, 9.17) is 5.73 Å². The smallest absolute Gasteiger partial charge is 0.0751 e. The summed E-state index contributed by atoms with van der Waals surface area (Å²) in [6.07, 6.45) is 6.76. The fourth-order valence-electron chi connectivity index (χ4n) is 3.42. The van der Waals surface area contributed by atoms with Gasteiger partial charge in [-0.3, -0.25) is 0 Å². The van der Waals surface area contributed by atoms with Crippen LogP contribution in [0.4, 0.5) is 0 Å². The van der Waals surface area contributed by atoms with Gasteiger partial charge in [0.15, 0.2) is 0 Å². The average Bonchev–Trinajstić information content (AvgIpc) is 2.38. The van der Waals surface area contributed by atoms with E-state index in [9.17, 15) is 10.2 Å². The second-order valence-electron chi connectivity index (χ2n) is 6.01. The Morgan fingerprint density at radius 1 is 1.06 bits per heavy atom. The highest BCUT2D eigenvalue weighted by atomic mass is 16.3. The molecular weight excluding hydrogens is 216 g/mol. The van der Waals surface area contributed by atoms with Crippen molar-refractivity contribution in [3.8, 4) is 0 Å². The van der Waals surface area contributed by atoms with Crippen LogP contribution in [0.1, 0.15) is 32.1 Å². The second kappa shape index (κ2) is 5.65. The maximum Gasteiger partial charge on any atom is 0.0751 e. The van der Waals surface area contributed by atoms with Crippen molar-refractivity contribution in [2.75, 3.05) is 32.8 Å². The maximum atomic E-state index is 9.24. The summed E-state index contributed by atoms with van der Waals surface area (Å²) in [5, 5.41) is 18.5. The molecule has 0 spiro atoms. The number of piperidine rings is 1. The molecule has 2 unspecified atom stereocenters. The van der Waals surface area contributed by atoms with Crippen LogP contribution in [0.3, 0.4) is 0 Å². The highest BCUT2D eigenvalue weighted by Crippen LogP contribution is 2.36. The van der Waals surface area contributed by atoms with Gasteiger partial charge in [0.2, 0.25) is 0 Å². The van der Waals surface area contributed by atoms with E-state index < -0.39 is 5.54 Å². The molecule has 4 heteroatoms. The van der Waals surface area contributed by atoms with Gasteiger partial charge in [-0.2, -0.15) is 0 Å². The Morgan fingerprint density at radius 2 is 1.71 bits per heavy atom. The van der Waals surface area contributed by atoms with Crippen LogP contribution < -0.4 is 5.73 Å². The van der Waals surface area contributed by atoms with E-state index in [1.807, 2.05) is 0 Å². The summed E-state index contributed by atoms with van der Waals surface area (Å²) in [6, 6.07) is 0. The lowest BCUT2D eigenvalue weighted by molar-refractivity contribution is 0.0376. The van der Waals surface area contributed by atoms with Gasteiger partial charge in [0, 0.05) is 13.1 Å². The molecule has 1 heterocycles. The van der Waals surface area contributed by atoms with Crippen molar-refractivity contribution in [3.05, 3.63) is 0 Å². The molecule has 1 aliphatic carbocycles. The molecule has 2 aliphatic rings. The molecule has 4 nitrogen and oxygen atoms in total. The monoisotopic (exact) mass is 242 g/mol. The molecule has 2 fully saturated rings. The summed E-state index contributed by atoms with van der Waals surface area (Å²) in [4.78, 5) is 2.33. The second-order valence-corrected chi connectivity index (χ2v) is 6.01. The lowest BCUT2D eigenvalue weighted by Gasteiger charge is -2.43. The number of nitrogens with two attached hydrogens (primary N) is 1. The van der Waals surface area contributed by atoms with Gasteiger partial charge in [0.1, 0.15) is 0 Å². The number of hydrogen-bond acceptors (Lipinski definition) is 4. The minimum atomic E-state index is -0.832. The molecule has 2 atom stereocenters. The van der Waals surface area contributed by atoms with Crippen molar-refractivity contribution in [2.45, 2.75) is 37.6 Å². The van der Waals surface area contributed by atoms with Gasteiger partial charge in [-0.25, -0.2) is 0 Å². The average molecular weight is 242 g/mol. The number of aliphatic hydroxyl groups excluding tert-OH is 2. The van der Waals surface area contributed by atoms with Crippen molar-refractivity contribution in [3.63, 3.8) is 0 Å². The van der Waals surface area contributed by atoms with Crippen LogP contribution in [-0.4, -0.2) is 53.5 Å². The SMILES string of the molecule is NC(CO)(CO)CN1CCC2CCCCC2C1. The summed E-state index contributed by atoms with van der Waals surface area (Å²) in [7, 11) is 0. The maximum absolute atomic E-state index is 9.24. The lowest BCUT2D eigenvalue weighted by atomic mass is 9.75. The van der Waals surface area contributed by atoms with Crippen molar-refractivity contribution in [2.24, 2.45) is 17.6 Å². The summed E-state index contributed by atoms with van der Waals surface area (Å²) < 4.78 is 0. The van der Waals surface area contributed by atoms with Gasteiger partial charge in [0.25, 0.3) is 0 Å². The van der Waals surface area contributed by atoms with Crippen molar-refractivity contribution in [1.29, 1.82) is 0 Å². The van der Waals surface area contributed by atoms with Crippen LogP contribution in [0, 0.1) is 11.8 Å². The Hall–Kier alpha value is -0.160. The van der Waals surface area contributed by atoms with Crippen LogP contribution in [0.5, 0.6) is 0 Å². The topological polar surface area (TPSA) is 69.7 Å². The molecule has 17 heavy (non-hydrogen) atoms. The number of nitrogens with zero attached hydrogens (tertiary/aromatic N) is 1. The molecule has 0 aromatic heterocycles. The van der Waals surface area contributed by atoms with Crippen molar-refractivity contribution >= 4 is 0 Å². The van der Waals surface area contributed by atoms with Gasteiger partial charge < -0.3 is 20.8 Å². The Balaban J connectivity index is 1.87. The van der Waals surface area contributed by atoms with Crippen LogP contribution in [-0.2, 0) is 0 Å². The molecule has 4 N–H and O–H groups in total. The first-order valence-corrected chi connectivity index (χ1v) is 6.90. The van der Waals surface area contributed by atoms with Gasteiger partial charge in [-0.15, -0.1) is 0 Å². The summed E-state index contributed by atoms with van der Waals surface area (Å²) in [5.41, 5.74) is 5.12. The third-order valence-corrected chi connectivity index (χ3v) is 4.54. The van der Waals surface area contributed by atoms with Gasteiger partial charge in [-0.05, 0) is 31.2 Å². The fourth-order valence-corrected chi connectivity index (χ4v) is 3.42. The molecule has 2 rings (SSSR count). The van der Waals surface area contributed by atoms with Gasteiger partial charge in [0.05, 0.1) is 18.8 Å². The molecule has 1 aliphatic heterocycles. The molecule has 1 saturated carbocycles. The van der Waals surface area contributed by atoms with Crippen molar-refractivity contribution in [1.82, 2.24) is 4.90 Å². The van der Waals surface area contributed by atoms with Crippen LogP contribution in [0.25, 0.3) is 0 Å². The van der Waals surface area contributed by atoms with E-state index in [0.29, 0.717) is 6.54 Å². The molecule has 0 aromatic carbocycles. The predicted octanol–water partition coefficient (Wildman–Crippen LogP) is 0.181. The zero-order valence-corrected chi connectivity index (χ0v) is 10.6. The molecule has 0 bridgehead atoms. The molecular formula is C13H26N2O2. The minimum absolute atomic E-state index is 0.145. The normalized spacial score (nSPS) is 31.2. The standard InChI is InChI=1S/C13H26N2O2/c14-13(9-16,10-17)8-15-6-5-11-3-1-2-4-12(11)7-15/h11-12,16-17H,1-10,14H2. The van der Waals surface area contributed by atoms with E-state index in [1.165, 1.54) is 32.1 Å². The van der Waals surface area contributed by atoms with E-state index in [2.05, 4.69) is 4.90 Å². The van der Waals surface area contributed by atoms with E-state index >= 15 is 0 Å². The predicted molar refractivity (Wildman–Crippen MR) is 67.6 cm³/mol. The Labute approximate surface area is 104 Å². The number of fused-ring (bicyclic) bond motifs is 1. The number of rotatable bonds is 4.